The molecule has 8 heteroatoms. The lowest BCUT2D eigenvalue weighted by Crippen LogP contribution is -2.14. The Balaban J connectivity index is 1.43. The zero-order valence-electron chi connectivity index (χ0n) is 18.0. The van der Waals surface area contributed by atoms with Gasteiger partial charge >= 0.3 is 6.09 Å². The van der Waals surface area contributed by atoms with Crippen molar-refractivity contribution in [1.29, 1.82) is 0 Å². The van der Waals surface area contributed by atoms with Crippen molar-refractivity contribution in [2.45, 2.75) is 27.0 Å². The van der Waals surface area contributed by atoms with Gasteiger partial charge in [-0.25, -0.2) is 9.78 Å². The number of nitrogens with one attached hydrogen (secondary N) is 1. The monoisotopic (exact) mass is 419 g/mol. The van der Waals surface area contributed by atoms with E-state index in [1.54, 1.807) is 18.1 Å². The van der Waals surface area contributed by atoms with E-state index in [4.69, 9.17) is 9.47 Å². The van der Waals surface area contributed by atoms with Gasteiger partial charge in [-0.15, -0.1) is 0 Å². The fourth-order valence-corrected chi connectivity index (χ4v) is 3.47. The summed E-state index contributed by atoms with van der Waals surface area (Å²) in [5.74, 6) is 0.754. The van der Waals surface area contributed by atoms with E-state index in [2.05, 4.69) is 22.3 Å². The minimum absolute atomic E-state index is 0.0935. The lowest BCUT2D eigenvalue weighted by atomic mass is 10.1. The van der Waals surface area contributed by atoms with Crippen LogP contribution in [0.3, 0.4) is 0 Å². The van der Waals surface area contributed by atoms with Gasteiger partial charge in [-0.3, -0.25) is 10.00 Å². The Kier molecular flexibility index (Phi) is 5.62. The normalized spacial score (nSPS) is 11.0. The van der Waals surface area contributed by atoms with Gasteiger partial charge in [-0.2, -0.15) is 5.10 Å². The summed E-state index contributed by atoms with van der Waals surface area (Å²) in [6.45, 7) is 5.00. The predicted molar refractivity (Wildman–Crippen MR) is 119 cm³/mol. The molecule has 8 nitrogen and oxygen atoms in total. The highest BCUT2D eigenvalue weighted by molar-refractivity contribution is 5.88. The third-order valence-corrected chi connectivity index (χ3v) is 5.17. The van der Waals surface area contributed by atoms with Gasteiger partial charge in [0, 0.05) is 24.8 Å². The van der Waals surface area contributed by atoms with Crippen LogP contribution in [0.25, 0.3) is 22.3 Å². The van der Waals surface area contributed by atoms with Crippen LogP contribution in [-0.2, 0) is 24.9 Å². The van der Waals surface area contributed by atoms with Crippen LogP contribution in [0.1, 0.15) is 18.2 Å². The van der Waals surface area contributed by atoms with E-state index in [1.165, 1.54) is 0 Å². The summed E-state index contributed by atoms with van der Waals surface area (Å²) in [6, 6.07) is 13.4. The molecule has 0 atom stereocenters. The first-order chi connectivity index (χ1) is 15.0. The average Bonchev–Trinajstić information content (AvgIpc) is 3.34. The van der Waals surface area contributed by atoms with Crippen LogP contribution >= 0.6 is 0 Å². The summed E-state index contributed by atoms with van der Waals surface area (Å²) in [5, 5.41) is 7.29. The molecule has 1 amide bonds. The van der Waals surface area contributed by atoms with Crippen LogP contribution in [-0.4, -0.2) is 32.5 Å². The van der Waals surface area contributed by atoms with E-state index < -0.39 is 6.09 Å². The number of imidazole rings is 1. The van der Waals surface area contributed by atoms with Crippen LogP contribution in [0.15, 0.2) is 48.8 Å². The number of fused-ring (bicyclic) bond motifs is 1. The molecular formula is C23H25N5O3. The molecule has 0 saturated carbocycles. The van der Waals surface area contributed by atoms with Gasteiger partial charge < -0.3 is 14.0 Å². The van der Waals surface area contributed by atoms with Crippen molar-refractivity contribution in [2.75, 3.05) is 12.4 Å². The first-order valence-corrected chi connectivity index (χ1v) is 10.0. The van der Waals surface area contributed by atoms with Crippen LogP contribution in [0.2, 0.25) is 0 Å². The molecule has 0 aliphatic heterocycles. The number of aryl methyl sites for hydroxylation is 3. The maximum absolute atomic E-state index is 12.3. The van der Waals surface area contributed by atoms with Gasteiger partial charge in [0.1, 0.15) is 12.4 Å². The number of benzene rings is 2. The van der Waals surface area contributed by atoms with Crippen molar-refractivity contribution >= 4 is 22.8 Å². The number of carbonyl (C=O) groups excluding carboxylic acids is 1. The Morgan fingerprint density at radius 3 is 2.77 bits per heavy atom. The Labute approximate surface area is 180 Å². The lowest BCUT2D eigenvalue weighted by Gasteiger charge is -2.07. The van der Waals surface area contributed by atoms with Crippen molar-refractivity contribution in [3.63, 3.8) is 0 Å². The number of hydrogen-bond acceptors (Lipinski definition) is 5. The second-order valence-corrected chi connectivity index (χ2v) is 7.28. The summed E-state index contributed by atoms with van der Waals surface area (Å²) in [5.41, 5.74) is 6.00. The summed E-state index contributed by atoms with van der Waals surface area (Å²) in [6.07, 6.45) is 1.25. The first-order valence-electron chi connectivity index (χ1n) is 10.0. The minimum Gasteiger partial charge on any atom is -0.496 e. The van der Waals surface area contributed by atoms with E-state index >= 15 is 0 Å². The molecule has 4 aromatic rings. The molecule has 4 rings (SSSR count). The molecule has 0 bridgehead atoms. The van der Waals surface area contributed by atoms with Crippen molar-refractivity contribution in [2.24, 2.45) is 7.05 Å². The highest BCUT2D eigenvalue weighted by Crippen LogP contribution is 2.30. The van der Waals surface area contributed by atoms with Gasteiger partial charge in [0.2, 0.25) is 0 Å². The molecule has 0 fully saturated rings. The van der Waals surface area contributed by atoms with E-state index in [0.29, 0.717) is 5.69 Å². The molecular weight excluding hydrogens is 394 g/mol. The van der Waals surface area contributed by atoms with Gasteiger partial charge in [0.25, 0.3) is 0 Å². The number of rotatable bonds is 6. The SMILES string of the molecule is CCn1cnc2cc(NC(=O)OCc3cc(-c4ccc(C)cc4OC)nn3C)ccc21. The number of ether oxygens (including phenoxy) is 2. The van der Waals surface area contributed by atoms with E-state index in [0.717, 1.165) is 45.8 Å². The Morgan fingerprint density at radius 2 is 2.00 bits per heavy atom. The topological polar surface area (TPSA) is 83.2 Å². The zero-order chi connectivity index (χ0) is 22.0. The number of methoxy groups -OCH3 is 1. The molecule has 2 aromatic carbocycles. The summed E-state index contributed by atoms with van der Waals surface area (Å²) in [4.78, 5) is 16.7. The van der Waals surface area contributed by atoms with E-state index in [1.807, 2.05) is 61.0 Å². The van der Waals surface area contributed by atoms with E-state index in [-0.39, 0.29) is 6.61 Å². The van der Waals surface area contributed by atoms with Crippen molar-refractivity contribution in [1.82, 2.24) is 19.3 Å². The number of hydrogen-bond donors (Lipinski definition) is 1. The fourth-order valence-electron chi connectivity index (χ4n) is 3.47. The van der Waals surface area contributed by atoms with Gasteiger partial charge in [0.05, 0.1) is 35.9 Å². The molecule has 31 heavy (non-hydrogen) atoms. The minimum atomic E-state index is -0.537. The van der Waals surface area contributed by atoms with Gasteiger partial charge in [0.15, 0.2) is 0 Å². The van der Waals surface area contributed by atoms with Crippen LogP contribution < -0.4 is 10.1 Å². The first kappa shape index (κ1) is 20.5. The van der Waals surface area contributed by atoms with Crippen LogP contribution in [0, 0.1) is 6.92 Å². The quantitative estimate of drug-likeness (QED) is 0.497. The van der Waals surface area contributed by atoms with Gasteiger partial charge in [-0.05, 0) is 55.8 Å². The molecule has 160 valence electrons. The Bertz CT molecular complexity index is 1240. The number of anilines is 1. The standard InChI is InChI=1S/C23H25N5O3/c1-5-28-14-24-20-11-16(7-9-21(20)28)25-23(29)31-13-17-12-19(26-27(17)3)18-8-6-15(2)10-22(18)30-4/h6-12,14H,5,13H2,1-4H3,(H,25,29). The average molecular weight is 419 g/mol. The Hall–Kier alpha value is -3.81. The second-order valence-electron chi connectivity index (χ2n) is 7.28. The molecule has 0 aliphatic carbocycles. The summed E-state index contributed by atoms with van der Waals surface area (Å²) >= 11 is 0. The lowest BCUT2D eigenvalue weighted by molar-refractivity contribution is 0.152. The van der Waals surface area contributed by atoms with Crippen LogP contribution in [0.4, 0.5) is 10.5 Å². The van der Waals surface area contributed by atoms with Crippen molar-refractivity contribution in [3.8, 4) is 17.0 Å². The maximum Gasteiger partial charge on any atom is 0.412 e. The molecule has 2 aromatic heterocycles. The smallest absolute Gasteiger partial charge is 0.412 e. The predicted octanol–water partition coefficient (Wildman–Crippen LogP) is 4.52. The molecule has 2 heterocycles. The molecule has 0 spiro atoms. The van der Waals surface area contributed by atoms with Crippen molar-refractivity contribution in [3.05, 3.63) is 60.0 Å². The largest absolute Gasteiger partial charge is 0.496 e. The number of carbonyl (C=O) groups is 1. The highest BCUT2D eigenvalue weighted by Gasteiger charge is 2.14. The number of nitrogens with zero attached hydrogens (tertiary/aromatic N) is 4. The highest BCUT2D eigenvalue weighted by atomic mass is 16.5. The third-order valence-electron chi connectivity index (χ3n) is 5.17. The maximum atomic E-state index is 12.3. The fraction of sp³-hybridized carbons (Fsp3) is 0.261. The summed E-state index contributed by atoms with van der Waals surface area (Å²) < 4.78 is 14.6. The number of aromatic nitrogens is 4. The Morgan fingerprint density at radius 1 is 1.16 bits per heavy atom. The second kappa shape index (κ2) is 8.51. The summed E-state index contributed by atoms with van der Waals surface area (Å²) in [7, 11) is 3.46. The molecule has 0 saturated heterocycles. The van der Waals surface area contributed by atoms with Crippen LogP contribution in [0.5, 0.6) is 5.75 Å². The van der Waals surface area contributed by atoms with E-state index in [9.17, 15) is 4.79 Å². The number of amides is 1. The van der Waals surface area contributed by atoms with Crippen molar-refractivity contribution < 1.29 is 14.3 Å². The molecule has 0 aliphatic rings. The molecule has 0 radical (unpaired) electrons. The van der Waals surface area contributed by atoms with Gasteiger partial charge in [-0.1, -0.05) is 6.07 Å². The molecule has 1 N–H and O–H groups in total. The zero-order valence-corrected chi connectivity index (χ0v) is 18.0. The molecule has 0 unspecified atom stereocenters. The third kappa shape index (κ3) is 4.23.